The molecule has 0 spiro atoms. The van der Waals surface area contributed by atoms with Crippen LogP contribution in [0.5, 0.6) is 5.75 Å². The van der Waals surface area contributed by atoms with Crippen molar-refractivity contribution in [3.63, 3.8) is 0 Å². The van der Waals surface area contributed by atoms with Crippen LogP contribution in [0.25, 0.3) is 0 Å². The Morgan fingerprint density at radius 2 is 2.05 bits per heavy atom. The van der Waals surface area contributed by atoms with E-state index in [2.05, 4.69) is 4.74 Å². The molecule has 0 aliphatic carbocycles. The van der Waals surface area contributed by atoms with E-state index in [4.69, 9.17) is 5.73 Å². The molecule has 0 bridgehead atoms. The number of carbonyl (C=O) groups is 2. The van der Waals surface area contributed by atoms with Gasteiger partial charge in [-0.05, 0) is 12.1 Å². The van der Waals surface area contributed by atoms with Gasteiger partial charge in [-0.15, -0.1) is 13.2 Å². The van der Waals surface area contributed by atoms with Crippen molar-refractivity contribution in [3.05, 3.63) is 24.0 Å². The molecule has 1 aromatic carbocycles. The summed E-state index contributed by atoms with van der Waals surface area (Å²) in [6.45, 7) is -0.0346. The van der Waals surface area contributed by atoms with E-state index < -0.39 is 35.7 Å². The van der Waals surface area contributed by atoms with Crippen molar-refractivity contribution in [2.45, 2.75) is 12.8 Å². The molecule has 1 unspecified atom stereocenters. The second kappa shape index (κ2) is 5.23. The highest BCUT2D eigenvalue weighted by atomic mass is 19.4. The Bertz CT molecular complexity index is 588. The van der Waals surface area contributed by atoms with Crippen LogP contribution in [0.15, 0.2) is 18.2 Å². The molecule has 1 atom stereocenters. The van der Waals surface area contributed by atoms with Crippen LogP contribution in [-0.2, 0) is 9.59 Å². The van der Waals surface area contributed by atoms with Crippen molar-refractivity contribution < 1.29 is 31.9 Å². The van der Waals surface area contributed by atoms with E-state index in [0.717, 1.165) is 23.1 Å². The average molecular weight is 306 g/mol. The van der Waals surface area contributed by atoms with Crippen LogP contribution in [-0.4, -0.2) is 24.7 Å². The Morgan fingerprint density at radius 1 is 1.38 bits per heavy atom. The molecule has 5 nitrogen and oxygen atoms in total. The fourth-order valence-corrected chi connectivity index (χ4v) is 2.01. The lowest BCUT2D eigenvalue weighted by Gasteiger charge is -2.17. The van der Waals surface area contributed by atoms with Crippen molar-refractivity contribution in [2.24, 2.45) is 11.7 Å². The Hall–Kier alpha value is -2.32. The summed E-state index contributed by atoms with van der Waals surface area (Å²) >= 11 is 0. The van der Waals surface area contributed by atoms with Crippen LogP contribution in [0.1, 0.15) is 6.42 Å². The summed E-state index contributed by atoms with van der Waals surface area (Å²) in [5.74, 6) is -4.08. The van der Waals surface area contributed by atoms with Gasteiger partial charge in [0.15, 0.2) is 11.6 Å². The predicted molar refractivity (Wildman–Crippen MR) is 62.7 cm³/mol. The molecule has 0 aromatic heterocycles. The number of nitrogens with zero attached hydrogens (tertiary/aromatic N) is 1. The second-order valence-corrected chi connectivity index (χ2v) is 4.47. The van der Waals surface area contributed by atoms with Gasteiger partial charge in [0, 0.05) is 24.7 Å². The summed E-state index contributed by atoms with van der Waals surface area (Å²) in [7, 11) is 0. The van der Waals surface area contributed by atoms with E-state index in [0.29, 0.717) is 0 Å². The van der Waals surface area contributed by atoms with Crippen LogP contribution in [0.4, 0.5) is 23.2 Å². The SMILES string of the molecule is NC(=O)C1CC(=O)N(c2ccc(OC(F)(F)F)c(F)c2)C1. The molecule has 1 aliphatic rings. The molecule has 2 N–H and O–H groups in total. The van der Waals surface area contributed by atoms with Gasteiger partial charge in [-0.25, -0.2) is 4.39 Å². The third-order valence-corrected chi connectivity index (χ3v) is 2.98. The van der Waals surface area contributed by atoms with Gasteiger partial charge in [0.25, 0.3) is 0 Å². The van der Waals surface area contributed by atoms with E-state index >= 15 is 0 Å². The van der Waals surface area contributed by atoms with E-state index in [1.54, 1.807) is 0 Å². The van der Waals surface area contributed by atoms with E-state index in [-0.39, 0.29) is 18.7 Å². The summed E-state index contributed by atoms with van der Waals surface area (Å²) in [6, 6.07) is 2.61. The summed E-state index contributed by atoms with van der Waals surface area (Å²) < 4.78 is 53.1. The fourth-order valence-electron chi connectivity index (χ4n) is 2.01. The van der Waals surface area contributed by atoms with Crippen LogP contribution in [0.3, 0.4) is 0 Å². The highest BCUT2D eigenvalue weighted by molar-refractivity contribution is 6.00. The number of primary amides is 1. The molecule has 1 aromatic rings. The minimum absolute atomic E-state index is 0.0346. The molecule has 2 amide bonds. The average Bonchev–Trinajstić information content (AvgIpc) is 2.73. The van der Waals surface area contributed by atoms with Gasteiger partial charge < -0.3 is 15.4 Å². The molecule has 1 aliphatic heterocycles. The Morgan fingerprint density at radius 3 is 2.52 bits per heavy atom. The highest BCUT2D eigenvalue weighted by Crippen LogP contribution is 2.31. The maximum absolute atomic E-state index is 13.6. The minimum Gasteiger partial charge on any atom is -0.403 e. The van der Waals surface area contributed by atoms with Crippen LogP contribution < -0.4 is 15.4 Å². The molecule has 1 fully saturated rings. The third kappa shape index (κ3) is 3.41. The fraction of sp³-hybridized carbons (Fsp3) is 0.333. The molecule has 1 saturated heterocycles. The minimum atomic E-state index is -5.01. The Balaban J connectivity index is 2.21. The quantitative estimate of drug-likeness (QED) is 0.861. The Kier molecular flexibility index (Phi) is 3.75. The molecular weight excluding hydrogens is 296 g/mol. The topological polar surface area (TPSA) is 72.6 Å². The van der Waals surface area contributed by atoms with Gasteiger partial charge in [0.2, 0.25) is 11.8 Å². The molecule has 114 valence electrons. The molecule has 2 rings (SSSR count). The number of alkyl halides is 3. The van der Waals surface area contributed by atoms with Crippen molar-refractivity contribution in [2.75, 3.05) is 11.4 Å². The summed E-state index contributed by atoms with van der Waals surface area (Å²) in [4.78, 5) is 23.8. The largest absolute Gasteiger partial charge is 0.573 e. The predicted octanol–water partition coefficient (Wildman–Crippen LogP) is 1.56. The molecule has 1 heterocycles. The van der Waals surface area contributed by atoms with Crippen molar-refractivity contribution >= 4 is 17.5 Å². The molecular formula is C12H10F4N2O3. The summed E-state index contributed by atoms with van der Waals surface area (Å²) in [6.07, 6.45) is -5.12. The standard InChI is InChI=1S/C12H10F4N2O3/c13-8-4-7(1-2-9(8)21-12(14,15)16)18-5-6(11(17)20)3-10(18)19/h1-2,4,6H,3,5H2,(H2,17,20). The first-order valence-electron chi connectivity index (χ1n) is 5.82. The third-order valence-electron chi connectivity index (χ3n) is 2.98. The highest BCUT2D eigenvalue weighted by Gasteiger charge is 2.35. The first-order valence-corrected chi connectivity index (χ1v) is 5.82. The molecule has 21 heavy (non-hydrogen) atoms. The van der Waals surface area contributed by atoms with Crippen molar-refractivity contribution in [3.8, 4) is 5.75 Å². The zero-order valence-corrected chi connectivity index (χ0v) is 10.5. The smallest absolute Gasteiger partial charge is 0.403 e. The first-order chi connectivity index (χ1) is 9.67. The number of hydrogen-bond donors (Lipinski definition) is 1. The number of hydrogen-bond acceptors (Lipinski definition) is 3. The number of carbonyl (C=O) groups excluding carboxylic acids is 2. The van der Waals surface area contributed by atoms with Crippen LogP contribution in [0, 0.1) is 11.7 Å². The zero-order chi connectivity index (χ0) is 15.8. The molecule has 0 radical (unpaired) electrons. The van der Waals surface area contributed by atoms with Gasteiger partial charge in [-0.1, -0.05) is 0 Å². The first kappa shape index (κ1) is 15.1. The van der Waals surface area contributed by atoms with Crippen molar-refractivity contribution in [1.82, 2.24) is 0 Å². The maximum Gasteiger partial charge on any atom is 0.573 e. The van der Waals surface area contributed by atoms with Gasteiger partial charge in [-0.2, -0.15) is 0 Å². The number of rotatable bonds is 3. The lowest BCUT2D eigenvalue weighted by Crippen LogP contribution is -2.28. The Labute approximate surface area is 116 Å². The number of halogens is 4. The maximum atomic E-state index is 13.6. The molecule has 0 saturated carbocycles. The van der Waals surface area contributed by atoms with E-state index in [1.165, 1.54) is 0 Å². The van der Waals surface area contributed by atoms with Gasteiger partial charge in [0.05, 0.1) is 5.92 Å². The normalized spacial score (nSPS) is 19.0. The van der Waals surface area contributed by atoms with Gasteiger partial charge in [0.1, 0.15) is 0 Å². The lowest BCUT2D eigenvalue weighted by molar-refractivity contribution is -0.275. The summed E-state index contributed by atoms with van der Waals surface area (Å²) in [5.41, 5.74) is 5.12. The summed E-state index contributed by atoms with van der Waals surface area (Å²) in [5, 5.41) is 0. The van der Waals surface area contributed by atoms with Gasteiger partial charge >= 0.3 is 6.36 Å². The van der Waals surface area contributed by atoms with Crippen LogP contribution >= 0.6 is 0 Å². The van der Waals surface area contributed by atoms with Crippen LogP contribution in [0.2, 0.25) is 0 Å². The number of ether oxygens (including phenoxy) is 1. The van der Waals surface area contributed by atoms with E-state index in [9.17, 15) is 27.2 Å². The number of nitrogens with two attached hydrogens (primary N) is 1. The lowest BCUT2D eigenvalue weighted by atomic mass is 10.1. The number of anilines is 1. The number of benzene rings is 1. The number of amides is 2. The second-order valence-electron chi connectivity index (χ2n) is 4.47. The zero-order valence-electron chi connectivity index (χ0n) is 10.5. The van der Waals surface area contributed by atoms with Crippen molar-refractivity contribution in [1.29, 1.82) is 0 Å². The molecule has 9 heteroatoms. The van der Waals surface area contributed by atoms with E-state index in [1.807, 2.05) is 0 Å². The van der Waals surface area contributed by atoms with Gasteiger partial charge in [-0.3, -0.25) is 9.59 Å². The monoisotopic (exact) mass is 306 g/mol.